The number of benzene rings is 11. The van der Waals surface area contributed by atoms with Crippen molar-refractivity contribution in [2.45, 2.75) is 112 Å². The van der Waals surface area contributed by atoms with Crippen LogP contribution in [0, 0.1) is 0 Å². The Balaban J connectivity index is 1.16. The molecule has 3 heteroatoms. The van der Waals surface area contributed by atoms with Crippen LogP contribution >= 0.6 is 0 Å². The SMILES string of the molecule is CC(C)c1cccc(C(C)C)c1-c1ccc(N2c3ccc(-c4c(C(C)C)cccc4C(C)C)cc3B3c4cc(-c5ccccc5)ccc4N4c5cc(cc2c53)-c2c(C(C)C)cccc2C(C)c2ccc(cc2)-c2cccc(-c3ccccc3)c24)cc1. The maximum atomic E-state index is 2.70. The summed E-state index contributed by atoms with van der Waals surface area (Å²) in [6.07, 6.45) is 0. The standard InChI is InChI=1S/C83H77BN2/c1-50(2)65-26-18-27-66(51(3)4)79(65)60-38-42-64(43-39-60)85-75-45-41-62(80-67(52(5)6)28-19-29-68(80)53(7)8)47-74(75)84-73-46-61(57-22-14-12-15-23-57)40-44-76(73)86-78-49-63(48-77(85)82(78)84)81-69(54(9)10)30-20-31-70(81)55(11)56-34-36-59(37-35-56)72-33-21-32-71(83(72)86)58-24-16-13-17-25-58/h12-55H,1-11H3. The summed E-state index contributed by atoms with van der Waals surface area (Å²) in [4.78, 5) is 5.35. The van der Waals surface area contributed by atoms with Crippen LogP contribution in [0.1, 0.15) is 151 Å². The van der Waals surface area contributed by atoms with Crippen molar-refractivity contribution in [2.75, 3.05) is 9.80 Å². The van der Waals surface area contributed by atoms with E-state index in [1.165, 1.54) is 151 Å². The van der Waals surface area contributed by atoms with Crippen molar-refractivity contribution >= 4 is 57.2 Å². The lowest BCUT2D eigenvalue weighted by molar-refractivity contribution is 0.838. The molecule has 11 aromatic rings. The zero-order chi connectivity index (χ0) is 59.2. The molecule has 4 heterocycles. The number of nitrogens with zero attached hydrogens (tertiary/aromatic N) is 2. The Bertz CT molecular complexity index is 4340. The lowest BCUT2D eigenvalue weighted by Crippen LogP contribution is -2.61. The normalized spacial score (nSPS) is 13.9. The molecule has 0 fully saturated rings. The van der Waals surface area contributed by atoms with Gasteiger partial charge in [0.1, 0.15) is 0 Å². The highest BCUT2D eigenvalue weighted by Gasteiger charge is 2.45. The number of rotatable bonds is 10. The lowest BCUT2D eigenvalue weighted by atomic mass is 9.33. The first kappa shape index (κ1) is 55.0. The Morgan fingerprint density at radius 2 is 0.733 bits per heavy atom. The van der Waals surface area contributed by atoms with E-state index in [0.29, 0.717) is 23.7 Å². The third kappa shape index (κ3) is 9.08. The van der Waals surface area contributed by atoms with Crippen molar-refractivity contribution < 1.29 is 0 Å². The molecule has 422 valence electrons. The molecular weight excluding hydrogens is 1040 g/mol. The van der Waals surface area contributed by atoms with Crippen LogP contribution in [0.4, 0.5) is 34.1 Å². The second-order valence-corrected chi connectivity index (χ2v) is 26.1. The summed E-state index contributed by atoms with van der Waals surface area (Å²) in [5.41, 5.74) is 35.6. The minimum absolute atomic E-state index is 0.124. The van der Waals surface area contributed by atoms with Crippen LogP contribution < -0.4 is 26.2 Å². The van der Waals surface area contributed by atoms with E-state index in [4.69, 9.17) is 0 Å². The van der Waals surface area contributed by atoms with E-state index >= 15 is 0 Å². The molecule has 4 bridgehead atoms. The highest BCUT2D eigenvalue weighted by molar-refractivity contribution is 7.00. The van der Waals surface area contributed by atoms with Crippen LogP contribution in [0.15, 0.2) is 231 Å². The largest absolute Gasteiger partial charge is 0.311 e. The molecule has 11 aromatic carbocycles. The third-order valence-corrected chi connectivity index (χ3v) is 19.2. The molecular formula is C83H77BN2. The van der Waals surface area contributed by atoms with Crippen LogP contribution in [-0.4, -0.2) is 6.71 Å². The van der Waals surface area contributed by atoms with Gasteiger partial charge in [0.05, 0.1) is 5.69 Å². The molecule has 15 rings (SSSR count). The predicted octanol–water partition coefficient (Wildman–Crippen LogP) is 21.9. The summed E-state index contributed by atoms with van der Waals surface area (Å²) in [5, 5.41) is 0. The van der Waals surface area contributed by atoms with Crippen molar-refractivity contribution in [2.24, 2.45) is 0 Å². The number of anilines is 6. The van der Waals surface area contributed by atoms with Gasteiger partial charge in [0.2, 0.25) is 0 Å². The van der Waals surface area contributed by atoms with Crippen molar-refractivity contribution in [3.8, 4) is 66.8 Å². The lowest BCUT2D eigenvalue weighted by Gasteiger charge is -2.45. The van der Waals surface area contributed by atoms with E-state index < -0.39 is 0 Å². The minimum Gasteiger partial charge on any atom is -0.311 e. The molecule has 0 aliphatic carbocycles. The van der Waals surface area contributed by atoms with E-state index in [1.54, 1.807) is 0 Å². The number of fused-ring (bicyclic) bond motifs is 6. The monoisotopic (exact) mass is 1110 g/mol. The first-order chi connectivity index (χ1) is 41.7. The van der Waals surface area contributed by atoms with Crippen molar-refractivity contribution in [1.82, 2.24) is 0 Å². The van der Waals surface area contributed by atoms with Crippen LogP contribution in [0.5, 0.6) is 0 Å². The Morgan fingerprint density at radius 1 is 0.314 bits per heavy atom. The molecule has 0 aromatic heterocycles. The quantitative estimate of drug-likeness (QED) is 0.126. The highest BCUT2D eigenvalue weighted by Crippen LogP contribution is 2.54. The Hall–Kier alpha value is -8.92. The number of hydrogen-bond acceptors (Lipinski definition) is 2. The zero-order valence-corrected chi connectivity index (χ0v) is 51.9. The molecule has 0 radical (unpaired) electrons. The molecule has 86 heavy (non-hydrogen) atoms. The molecule has 0 spiro atoms. The fourth-order valence-corrected chi connectivity index (χ4v) is 14.9. The van der Waals surface area contributed by atoms with Gasteiger partial charge in [-0.25, -0.2) is 0 Å². The van der Waals surface area contributed by atoms with Crippen LogP contribution in [0.2, 0.25) is 0 Å². The second-order valence-electron chi connectivity index (χ2n) is 26.1. The zero-order valence-electron chi connectivity index (χ0n) is 51.9. The molecule has 2 nitrogen and oxygen atoms in total. The Kier molecular flexibility index (Phi) is 14.0. The number of hydrogen-bond donors (Lipinski definition) is 0. The summed E-state index contributed by atoms with van der Waals surface area (Å²) in [5.74, 6) is 1.81. The average molecular weight is 1110 g/mol. The first-order valence-electron chi connectivity index (χ1n) is 31.7. The molecule has 4 aliphatic rings. The van der Waals surface area contributed by atoms with Gasteiger partial charge in [-0.2, -0.15) is 0 Å². The van der Waals surface area contributed by atoms with Crippen molar-refractivity contribution in [3.63, 3.8) is 0 Å². The topological polar surface area (TPSA) is 6.48 Å². The van der Waals surface area contributed by atoms with Crippen LogP contribution in [0.25, 0.3) is 66.8 Å². The second kappa shape index (κ2) is 21.9. The van der Waals surface area contributed by atoms with Crippen molar-refractivity contribution in [1.29, 1.82) is 0 Å². The van der Waals surface area contributed by atoms with Crippen molar-refractivity contribution in [3.05, 3.63) is 269 Å². The Labute approximate surface area is 512 Å². The minimum atomic E-state index is -0.143. The molecule has 0 amide bonds. The van der Waals surface area contributed by atoms with Gasteiger partial charge < -0.3 is 9.80 Å². The van der Waals surface area contributed by atoms with Gasteiger partial charge in [-0.05, 0) is 177 Å². The van der Waals surface area contributed by atoms with Gasteiger partial charge in [-0.3, -0.25) is 0 Å². The van der Waals surface area contributed by atoms with Crippen LogP contribution in [0.3, 0.4) is 0 Å². The van der Waals surface area contributed by atoms with Gasteiger partial charge in [0.15, 0.2) is 0 Å². The smallest absolute Gasteiger partial charge is 0.252 e. The fourth-order valence-electron chi connectivity index (χ4n) is 14.9. The summed E-state index contributed by atoms with van der Waals surface area (Å²) in [6.45, 7) is 25.8. The van der Waals surface area contributed by atoms with Gasteiger partial charge in [-0.1, -0.05) is 270 Å². The van der Waals surface area contributed by atoms with E-state index in [0.717, 1.165) is 5.69 Å². The van der Waals surface area contributed by atoms with Gasteiger partial charge >= 0.3 is 0 Å². The van der Waals surface area contributed by atoms with E-state index in [-0.39, 0.29) is 18.5 Å². The van der Waals surface area contributed by atoms with Gasteiger partial charge in [0.25, 0.3) is 6.71 Å². The maximum absolute atomic E-state index is 2.70. The first-order valence-corrected chi connectivity index (χ1v) is 31.7. The molecule has 0 saturated heterocycles. The number of para-hydroxylation sites is 1. The summed E-state index contributed by atoms with van der Waals surface area (Å²) in [7, 11) is 0. The molecule has 0 saturated carbocycles. The van der Waals surface area contributed by atoms with Gasteiger partial charge in [-0.15, -0.1) is 0 Å². The summed E-state index contributed by atoms with van der Waals surface area (Å²) < 4.78 is 0. The molecule has 1 atom stereocenters. The highest BCUT2D eigenvalue weighted by atomic mass is 15.2. The summed E-state index contributed by atoms with van der Waals surface area (Å²) in [6, 6.07) is 89.5. The average Bonchev–Trinajstić information content (AvgIpc) is 0.807. The fraction of sp³-hybridized carbons (Fsp3) is 0.205. The van der Waals surface area contributed by atoms with E-state index in [9.17, 15) is 0 Å². The predicted molar refractivity (Wildman–Crippen MR) is 371 cm³/mol. The molecule has 0 N–H and O–H groups in total. The van der Waals surface area contributed by atoms with Gasteiger partial charge in [0, 0.05) is 45.5 Å². The molecule has 4 aliphatic heterocycles. The molecule has 1 unspecified atom stereocenters. The third-order valence-electron chi connectivity index (χ3n) is 19.2. The van der Waals surface area contributed by atoms with E-state index in [1.807, 2.05) is 0 Å². The summed E-state index contributed by atoms with van der Waals surface area (Å²) >= 11 is 0. The maximum Gasteiger partial charge on any atom is 0.252 e. The Morgan fingerprint density at radius 3 is 1.28 bits per heavy atom. The van der Waals surface area contributed by atoms with Crippen LogP contribution in [-0.2, 0) is 0 Å². The van der Waals surface area contributed by atoms with E-state index in [2.05, 4.69) is 316 Å².